The number of pyridine rings is 1. The Morgan fingerprint density at radius 2 is 2.20 bits per heavy atom. The third-order valence-electron chi connectivity index (χ3n) is 4.23. The van der Waals surface area contributed by atoms with Crippen LogP contribution in [0.3, 0.4) is 0 Å². The summed E-state index contributed by atoms with van der Waals surface area (Å²) in [6.45, 7) is 0.895. The maximum absolute atomic E-state index is 12.7. The summed E-state index contributed by atoms with van der Waals surface area (Å²) in [4.78, 5) is 18.2. The topological polar surface area (TPSA) is 71.1 Å². The number of halogens is 3. The van der Waals surface area contributed by atoms with Crippen LogP contribution < -0.4 is 4.74 Å². The fourth-order valence-electron chi connectivity index (χ4n) is 2.92. The first kappa shape index (κ1) is 17.2. The zero-order chi connectivity index (χ0) is 18.0. The van der Waals surface area contributed by atoms with Gasteiger partial charge in [0, 0.05) is 37.0 Å². The Bertz CT molecular complexity index is 743. The minimum absolute atomic E-state index is 0.199. The van der Waals surface area contributed by atoms with Crippen molar-refractivity contribution in [3.05, 3.63) is 41.3 Å². The third-order valence-corrected chi connectivity index (χ3v) is 4.23. The standard InChI is InChI=1S/C16H17F3N4O2/c1-25-14-5-4-10(8-20-14)15(24)23-6-2-3-11(9-23)12-7-13(22-21-12)16(17,18)19/h4-5,7-8,11H,2-3,6,9H2,1H3,(H,21,22). The molecule has 3 rings (SSSR count). The van der Waals surface area contributed by atoms with Gasteiger partial charge in [0.1, 0.15) is 0 Å². The number of carbonyl (C=O) groups excluding carboxylic acids is 1. The SMILES string of the molecule is COc1ccc(C(=O)N2CCCC(c3cc(C(F)(F)F)n[nH]3)C2)cn1. The van der Waals surface area contributed by atoms with Crippen molar-refractivity contribution in [3.63, 3.8) is 0 Å². The van der Waals surface area contributed by atoms with Crippen molar-refractivity contribution in [2.45, 2.75) is 24.9 Å². The molecule has 0 saturated carbocycles. The zero-order valence-electron chi connectivity index (χ0n) is 13.5. The van der Waals surface area contributed by atoms with Crippen LogP contribution in [0.15, 0.2) is 24.4 Å². The van der Waals surface area contributed by atoms with Gasteiger partial charge >= 0.3 is 6.18 Å². The molecule has 2 aromatic rings. The van der Waals surface area contributed by atoms with Crippen LogP contribution in [-0.2, 0) is 6.18 Å². The van der Waals surface area contributed by atoms with Crippen molar-refractivity contribution >= 4 is 5.91 Å². The lowest BCUT2D eigenvalue weighted by Gasteiger charge is -2.32. The summed E-state index contributed by atoms with van der Waals surface area (Å²) in [6.07, 6.45) is -1.64. The molecule has 1 atom stereocenters. The van der Waals surface area contributed by atoms with E-state index in [2.05, 4.69) is 15.2 Å². The Balaban J connectivity index is 1.72. The number of rotatable bonds is 3. The fraction of sp³-hybridized carbons (Fsp3) is 0.438. The van der Waals surface area contributed by atoms with Gasteiger partial charge in [-0.1, -0.05) is 0 Å². The molecular weight excluding hydrogens is 337 g/mol. The highest BCUT2D eigenvalue weighted by Crippen LogP contribution is 2.32. The molecule has 1 fully saturated rings. The van der Waals surface area contributed by atoms with Crippen molar-refractivity contribution < 1.29 is 22.7 Å². The summed E-state index contributed by atoms with van der Waals surface area (Å²) < 4.78 is 43.0. The molecule has 1 unspecified atom stereocenters. The number of hydrogen-bond acceptors (Lipinski definition) is 4. The number of H-pyrrole nitrogens is 1. The van der Waals surface area contributed by atoms with Crippen LogP contribution in [0.5, 0.6) is 5.88 Å². The lowest BCUT2D eigenvalue weighted by atomic mass is 9.94. The predicted molar refractivity (Wildman–Crippen MR) is 82.3 cm³/mol. The Morgan fingerprint density at radius 3 is 2.80 bits per heavy atom. The van der Waals surface area contributed by atoms with Gasteiger partial charge in [-0.3, -0.25) is 9.89 Å². The van der Waals surface area contributed by atoms with Crippen LogP contribution in [-0.4, -0.2) is 46.2 Å². The second kappa shape index (κ2) is 6.73. The molecule has 0 radical (unpaired) electrons. The highest BCUT2D eigenvalue weighted by atomic mass is 19.4. The Morgan fingerprint density at radius 1 is 1.40 bits per heavy atom. The number of carbonyl (C=O) groups is 1. The van der Waals surface area contributed by atoms with E-state index in [1.807, 2.05) is 0 Å². The van der Waals surface area contributed by atoms with Crippen LogP contribution in [0.1, 0.15) is 40.5 Å². The molecule has 1 N–H and O–H groups in total. The number of piperidine rings is 1. The van der Waals surface area contributed by atoms with Crippen molar-refractivity contribution in [1.29, 1.82) is 0 Å². The molecule has 1 saturated heterocycles. The minimum atomic E-state index is -4.48. The Hall–Kier alpha value is -2.58. The number of likely N-dealkylation sites (tertiary alicyclic amines) is 1. The monoisotopic (exact) mass is 354 g/mol. The molecule has 0 bridgehead atoms. The first-order valence-corrected chi connectivity index (χ1v) is 7.80. The van der Waals surface area contributed by atoms with Gasteiger partial charge in [0.15, 0.2) is 5.69 Å². The maximum Gasteiger partial charge on any atom is 0.435 e. The van der Waals surface area contributed by atoms with Crippen molar-refractivity contribution in [1.82, 2.24) is 20.1 Å². The van der Waals surface area contributed by atoms with Crippen LogP contribution >= 0.6 is 0 Å². The summed E-state index contributed by atoms with van der Waals surface area (Å²) in [6, 6.07) is 4.24. The van der Waals surface area contributed by atoms with Gasteiger partial charge in [-0.2, -0.15) is 18.3 Å². The quantitative estimate of drug-likeness (QED) is 0.920. The average Bonchev–Trinajstić information content (AvgIpc) is 3.12. The van der Waals surface area contributed by atoms with Crippen molar-refractivity contribution in [3.8, 4) is 5.88 Å². The van der Waals surface area contributed by atoms with Gasteiger partial charge in [0.25, 0.3) is 5.91 Å². The number of hydrogen-bond donors (Lipinski definition) is 1. The zero-order valence-corrected chi connectivity index (χ0v) is 13.5. The first-order valence-electron chi connectivity index (χ1n) is 7.80. The van der Waals surface area contributed by atoms with E-state index < -0.39 is 11.9 Å². The highest BCUT2D eigenvalue weighted by Gasteiger charge is 2.35. The van der Waals surface area contributed by atoms with E-state index in [0.29, 0.717) is 43.1 Å². The molecule has 0 aliphatic carbocycles. The van der Waals surface area contributed by atoms with Crippen molar-refractivity contribution in [2.24, 2.45) is 0 Å². The van der Waals surface area contributed by atoms with Gasteiger partial charge in [0.2, 0.25) is 5.88 Å². The van der Waals surface area contributed by atoms with Gasteiger partial charge < -0.3 is 9.64 Å². The van der Waals surface area contributed by atoms with E-state index >= 15 is 0 Å². The van der Waals surface area contributed by atoms with Gasteiger partial charge in [-0.25, -0.2) is 4.98 Å². The minimum Gasteiger partial charge on any atom is -0.481 e. The van der Waals surface area contributed by atoms with Crippen molar-refractivity contribution in [2.75, 3.05) is 20.2 Å². The summed E-state index contributed by atoms with van der Waals surface area (Å²) in [5.41, 5.74) is -0.120. The number of amides is 1. The number of nitrogens with zero attached hydrogens (tertiary/aromatic N) is 3. The molecule has 9 heteroatoms. The fourth-order valence-corrected chi connectivity index (χ4v) is 2.92. The van der Waals surface area contributed by atoms with Crippen LogP contribution in [0.25, 0.3) is 0 Å². The number of ether oxygens (including phenoxy) is 1. The molecule has 1 amide bonds. The summed E-state index contributed by atoms with van der Waals surface area (Å²) >= 11 is 0. The van der Waals surface area contributed by atoms with Crippen LogP contribution in [0.4, 0.5) is 13.2 Å². The number of aromatic nitrogens is 3. The van der Waals surface area contributed by atoms with Gasteiger partial charge in [0.05, 0.1) is 12.7 Å². The van der Waals surface area contributed by atoms with Gasteiger partial charge in [-0.15, -0.1) is 0 Å². The lowest BCUT2D eigenvalue weighted by molar-refractivity contribution is -0.141. The number of alkyl halides is 3. The third kappa shape index (κ3) is 3.75. The van der Waals surface area contributed by atoms with E-state index in [0.717, 1.165) is 6.07 Å². The summed E-state index contributed by atoms with van der Waals surface area (Å²) in [5.74, 6) is 0.00753. The molecule has 6 nitrogen and oxygen atoms in total. The van der Waals surface area contributed by atoms with Gasteiger partial charge in [-0.05, 0) is 25.0 Å². The molecule has 3 heterocycles. The second-order valence-corrected chi connectivity index (χ2v) is 5.89. The maximum atomic E-state index is 12.7. The number of methoxy groups -OCH3 is 1. The summed E-state index contributed by atoms with van der Waals surface area (Å²) in [7, 11) is 1.48. The normalized spacial score (nSPS) is 18.2. The second-order valence-electron chi connectivity index (χ2n) is 5.89. The van der Waals surface area contributed by atoms with Crippen LogP contribution in [0.2, 0.25) is 0 Å². The lowest BCUT2D eigenvalue weighted by Crippen LogP contribution is -2.39. The molecule has 2 aromatic heterocycles. The Kier molecular flexibility index (Phi) is 4.65. The molecule has 0 spiro atoms. The number of nitrogens with one attached hydrogen (secondary N) is 1. The van der Waals surface area contributed by atoms with E-state index in [1.54, 1.807) is 17.0 Å². The van der Waals surface area contributed by atoms with E-state index in [-0.39, 0.29) is 11.8 Å². The largest absolute Gasteiger partial charge is 0.481 e. The smallest absolute Gasteiger partial charge is 0.435 e. The molecule has 0 aromatic carbocycles. The highest BCUT2D eigenvalue weighted by molar-refractivity contribution is 5.94. The first-order chi connectivity index (χ1) is 11.9. The number of aromatic amines is 1. The average molecular weight is 354 g/mol. The summed E-state index contributed by atoms with van der Waals surface area (Å²) in [5, 5.41) is 5.79. The Labute approximate surface area is 142 Å². The van der Waals surface area contributed by atoms with E-state index in [9.17, 15) is 18.0 Å². The van der Waals surface area contributed by atoms with E-state index in [4.69, 9.17) is 4.74 Å². The van der Waals surface area contributed by atoms with Crippen LogP contribution in [0, 0.1) is 0 Å². The molecule has 25 heavy (non-hydrogen) atoms. The molecular formula is C16H17F3N4O2. The predicted octanol–water partition coefficient (Wildman–Crippen LogP) is 2.85. The molecule has 1 aliphatic rings. The van der Waals surface area contributed by atoms with E-state index in [1.165, 1.54) is 13.3 Å². The molecule has 134 valence electrons. The molecule has 1 aliphatic heterocycles.